The standard InChI is InChI=1S/C18H20O3S/c1-18(2,3)22(20)16-11-7-10-15(21-4)17(16)14-9-6-5-8-13(14)12-19/h5-12H,1-4H3. The molecule has 0 N–H and O–H groups in total. The molecule has 1 unspecified atom stereocenters. The van der Waals surface area contributed by atoms with E-state index in [2.05, 4.69) is 0 Å². The molecule has 0 aromatic heterocycles. The van der Waals surface area contributed by atoms with Crippen LogP contribution in [-0.2, 0) is 10.8 Å². The molecule has 0 radical (unpaired) electrons. The second kappa shape index (κ2) is 6.44. The highest BCUT2D eigenvalue weighted by atomic mass is 32.2. The summed E-state index contributed by atoms with van der Waals surface area (Å²) < 4.78 is 17.9. The zero-order valence-electron chi connectivity index (χ0n) is 13.3. The van der Waals surface area contributed by atoms with Crippen molar-refractivity contribution in [1.29, 1.82) is 0 Å². The number of benzene rings is 2. The van der Waals surface area contributed by atoms with Crippen LogP contribution in [0.15, 0.2) is 47.4 Å². The Morgan fingerprint density at radius 2 is 1.73 bits per heavy atom. The summed E-state index contributed by atoms with van der Waals surface area (Å²) in [4.78, 5) is 12.0. The summed E-state index contributed by atoms with van der Waals surface area (Å²) in [6.45, 7) is 5.79. The molecule has 0 spiro atoms. The van der Waals surface area contributed by atoms with E-state index in [-0.39, 0.29) is 0 Å². The van der Waals surface area contributed by atoms with Crippen LogP contribution in [0.2, 0.25) is 0 Å². The molecule has 0 saturated heterocycles. The first-order valence-electron chi connectivity index (χ1n) is 7.03. The first-order valence-corrected chi connectivity index (χ1v) is 8.18. The zero-order valence-corrected chi connectivity index (χ0v) is 14.1. The van der Waals surface area contributed by atoms with E-state index in [4.69, 9.17) is 4.74 Å². The minimum absolute atomic E-state index is 0.406. The molecule has 0 amide bonds. The van der Waals surface area contributed by atoms with E-state index in [9.17, 15) is 9.00 Å². The Hall–Kier alpha value is -1.94. The highest BCUT2D eigenvalue weighted by Gasteiger charge is 2.26. The van der Waals surface area contributed by atoms with Crippen LogP contribution in [0.3, 0.4) is 0 Å². The third-order valence-electron chi connectivity index (χ3n) is 3.32. The van der Waals surface area contributed by atoms with Crippen LogP contribution in [0.25, 0.3) is 11.1 Å². The highest BCUT2D eigenvalue weighted by Crippen LogP contribution is 2.38. The molecule has 0 aliphatic carbocycles. The van der Waals surface area contributed by atoms with Crippen LogP contribution < -0.4 is 4.74 Å². The molecular formula is C18H20O3S. The monoisotopic (exact) mass is 316 g/mol. The Bertz CT molecular complexity index is 715. The Morgan fingerprint density at radius 3 is 2.32 bits per heavy atom. The van der Waals surface area contributed by atoms with Gasteiger partial charge in [-0.1, -0.05) is 30.3 Å². The van der Waals surface area contributed by atoms with Crippen LogP contribution >= 0.6 is 0 Å². The number of rotatable bonds is 4. The van der Waals surface area contributed by atoms with Crippen molar-refractivity contribution in [2.24, 2.45) is 0 Å². The largest absolute Gasteiger partial charge is 0.496 e. The predicted molar refractivity (Wildman–Crippen MR) is 90.0 cm³/mol. The van der Waals surface area contributed by atoms with Gasteiger partial charge in [0.1, 0.15) is 5.75 Å². The maximum absolute atomic E-state index is 12.9. The SMILES string of the molecule is COc1cccc(S(=O)C(C)(C)C)c1-c1ccccc1C=O. The smallest absolute Gasteiger partial charge is 0.150 e. The minimum atomic E-state index is -1.23. The lowest BCUT2D eigenvalue weighted by Gasteiger charge is -2.22. The summed E-state index contributed by atoms with van der Waals surface area (Å²) in [7, 11) is 0.345. The fourth-order valence-electron chi connectivity index (χ4n) is 2.26. The lowest BCUT2D eigenvalue weighted by molar-refractivity contribution is 0.112. The van der Waals surface area contributed by atoms with Gasteiger partial charge in [0.05, 0.1) is 22.8 Å². The van der Waals surface area contributed by atoms with Crippen LogP contribution in [0.5, 0.6) is 5.75 Å². The van der Waals surface area contributed by atoms with E-state index in [0.717, 1.165) is 17.4 Å². The van der Waals surface area contributed by atoms with Gasteiger partial charge in [-0.2, -0.15) is 0 Å². The van der Waals surface area contributed by atoms with Gasteiger partial charge in [-0.05, 0) is 38.5 Å². The molecule has 3 nitrogen and oxygen atoms in total. The van der Waals surface area contributed by atoms with Gasteiger partial charge < -0.3 is 4.74 Å². The average molecular weight is 316 g/mol. The molecule has 116 valence electrons. The van der Waals surface area contributed by atoms with E-state index < -0.39 is 15.5 Å². The Morgan fingerprint density at radius 1 is 1.05 bits per heavy atom. The highest BCUT2D eigenvalue weighted by molar-refractivity contribution is 7.86. The van der Waals surface area contributed by atoms with E-state index in [1.165, 1.54) is 0 Å². The molecule has 0 heterocycles. The normalized spacial score (nSPS) is 12.7. The van der Waals surface area contributed by atoms with Crippen molar-refractivity contribution in [2.75, 3.05) is 7.11 Å². The van der Waals surface area contributed by atoms with Gasteiger partial charge in [0.2, 0.25) is 0 Å². The van der Waals surface area contributed by atoms with Gasteiger partial charge in [0, 0.05) is 15.9 Å². The predicted octanol–water partition coefficient (Wildman–Crippen LogP) is 4.08. The van der Waals surface area contributed by atoms with Gasteiger partial charge >= 0.3 is 0 Å². The molecular weight excluding hydrogens is 296 g/mol. The van der Waals surface area contributed by atoms with E-state index in [1.807, 2.05) is 57.2 Å². The fraction of sp³-hybridized carbons (Fsp3) is 0.278. The second-order valence-electron chi connectivity index (χ2n) is 5.92. The third-order valence-corrected chi connectivity index (χ3v) is 5.17. The number of hydrogen-bond donors (Lipinski definition) is 0. The topological polar surface area (TPSA) is 43.4 Å². The van der Waals surface area contributed by atoms with Crippen LogP contribution in [0.4, 0.5) is 0 Å². The van der Waals surface area contributed by atoms with Crippen molar-refractivity contribution in [2.45, 2.75) is 30.4 Å². The van der Waals surface area contributed by atoms with Gasteiger partial charge in [0.25, 0.3) is 0 Å². The Kier molecular flexibility index (Phi) is 4.81. The van der Waals surface area contributed by atoms with Crippen molar-refractivity contribution in [1.82, 2.24) is 0 Å². The Balaban J connectivity index is 2.78. The Labute approximate surface area is 133 Å². The van der Waals surface area contributed by atoms with Gasteiger partial charge in [-0.3, -0.25) is 9.00 Å². The van der Waals surface area contributed by atoms with E-state index in [1.54, 1.807) is 13.2 Å². The lowest BCUT2D eigenvalue weighted by atomic mass is 9.99. The number of hydrogen-bond acceptors (Lipinski definition) is 3. The zero-order chi connectivity index (χ0) is 16.3. The first-order chi connectivity index (χ1) is 10.4. The minimum Gasteiger partial charge on any atom is -0.496 e. The van der Waals surface area contributed by atoms with Crippen molar-refractivity contribution in [3.8, 4) is 16.9 Å². The molecule has 2 aromatic carbocycles. The third kappa shape index (κ3) is 3.12. The molecule has 0 saturated carbocycles. The molecule has 0 aliphatic heterocycles. The molecule has 2 rings (SSSR count). The van der Waals surface area contributed by atoms with Crippen molar-refractivity contribution in [3.05, 3.63) is 48.0 Å². The lowest BCUT2D eigenvalue weighted by Crippen LogP contribution is -2.22. The molecule has 0 bridgehead atoms. The maximum Gasteiger partial charge on any atom is 0.150 e. The molecule has 1 atom stereocenters. The summed E-state index contributed by atoms with van der Waals surface area (Å²) in [6, 6.07) is 12.7. The molecule has 22 heavy (non-hydrogen) atoms. The van der Waals surface area contributed by atoms with Crippen LogP contribution in [-0.4, -0.2) is 22.4 Å². The van der Waals surface area contributed by atoms with E-state index >= 15 is 0 Å². The maximum atomic E-state index is 12.9. The fourth-order valence-corrected chi connectivity index (χ4v) is 3.52. The van der Waals surface area contributed by atoms with Gasteiger partial charge in [-0.25, -0.2) is 0 Å². The average Bonchev–Trinajstić information content (AvgIpc) is 2.52. The number of methoxy groups -OCH3 is 1. The number of carbonyl (C=O) groups excluding carboxylic acids is 1. The summed E-state index contributed by atoms with van der Waals surface area (Å²) in [5.41, 5.74) is 2.02. The first kappa shape index (κ1) is 16.4. The van der Waals surface area contributed by atoms with E-state index in [0.29, 0.717) is 16.2 Å². The summed E-state index contributed by atoms with van der Waals surface area (Å²) in [5, 5.41) is 0. The van der Waals surface area contributed by atoms with Crippen molar-refractivity contribution in [3.63, 3.8) is 0 Å². The number of ether oxygens (including phenoxy) is 1. The van der Waals surface area contributed by atoms with Crippen molar-refractivity contribution < 1.29 is 13.7 Å². The summed E-state index contributed by atoms with van der Waals surface area (Å²) in [6.07, 6.45) is 0.811. The van der Waals surface area contributed by atoms with Gasteiger partial charge in [0.15, 0.2) is 6.29 Å². The number of carbonyl (C=O) groups is 1. The molecule has 2 aromatic rings. The van der Waals surface area contributed by atoms with Crippen LogP contribution in [0.1, 0.15) is 31.1 Å². The molecule has 0 aliphatic rings. The van der Waals surface area contributed by atoms with Crippen molar-refractivity contribution >= 4 is 17.1 Å². The number of aldehydes is 1. The van der Waals surface area contributed by atoms with Crippen LogP contribution in [0, 0.1) is 0 Å². The second-order valence-corrected chi connectivity index (χ2v) is 8.12. The summed E-state index contributed by atoms with van der Waals surface area (Å²) in [5.74, 6) is 0.615. The quantitative estimate of drug-likeness (QED) is 0.798. The summed E-state index contributed by atoms with van der Waals surface area (Å²) >= 11 is 0. The molecule has 4 heteroatoms. The van der Waals surface area contributed by atoms with Gasteiger partial charge in [-0.15, -0.1) is 0 Å². The molecule has 0 fully saturated rings.